The summed E-state index contributed by atoms with van der Waals surface area (Å²) in [5, 5.41) is 11.5. The summed E-state index contributed by atoms with van der Waals surface area (Å²) in [5.74, 6) is 0. The first-order valence-electron chi connectivity index (χ1n) is 3.35. The van der Waals surface area contributed by atoms with Gasteiger partial charge in [0.2, 0.25) is 0 Å². The maximum absolute atomic E-state index is 8.64. The first-order valence-corrected chi connectivity index (χ1v) is 3.35. The second-order valence-corrected chi connectivity index (χ2v) is 2.14. The molecule has 1 aromatic heterocycles. The minimum atomic E-state index is -0.247. The molecule has 1 N–H and O–H groups in total. The molecule has 0 saturated carbocycles. The molecular weight excluding hydrogens is 138 g/mol. The fraction of sp³-hybridized carbons (Fsp3) is 0.250. The highest BCUT2D eigenvalue weighted by atomic mass is 14.9. The minimum Gasteiger partial charge on any atom is -0.301 e. The van der Waals surface area contributed by atoms with Crippen LogP contribution in [0, 0.1) is 11.3 Å². The number of pyridine rings is 1. The largest absolute Gasteiger partial charge is 0.301 e. The van der Waals surface area contributed by atoms with Gasteiger partial charge < -0.3 is 5.32 Å². The molecule has 3 heteroatoms. The molecule has 0 bridgehead atoms. The molecular formula is C8H9N3. The first kappa shape index (κ1) is 7.70. The lowest BCUT2D eigenvalue weighted by Gasteiger charge is -2.05. The average Bonchev–Trinajstić information content (AvgIpc) is 2.09. The van der Waals surface area contributed by atoms with Gasteiger partial charge in [0.1, 0.15) is 6.04 Å². The molecule has 1 heterocycles. The minimum absolute atomic E-state index is 0.247. The van der Waals surface area contributed by atoms with Crippen LogP contribution in [0.5, 0.6) is 0 Å². The molecule has 0 aliphatic heterocycles. The Morgan fingerprint density at radius 3 is 3.00 bits per heavy atom. The van der Waals surface area contributed by atoms with Crippen LogP contribution in [0.4, 0.5) is 0 Å². The van der Waals surface area contributed by atoms with Crippen molar-refractivity contribution in [2.45, 2.75) is 6.04 Å². The predicted molar refractivity (Wildman–Crippen MR) is 41.7 cm³/mol. The van der Waals surface area contributed by atoms with Crippen LogP contribution < -0.4 is 5.32 Å². The number of aromatic nitrogens is 1. The van der Waals surface area contributed by atoms with Crippen molar-refractivity contribution in [3.8, 4) is 6.07 Å². The van der Waals surface area contributed by atoms with E-state index in [2.05, 4.69) is 16.4 Å². The highest BCUT2D eigenvalue weighted by Crippen LogP contribution is 2.07. The van der Waals surface area contributed by atoms with Gasteiger partial charge in [-0.15, -0.1) is 0 Å². The van der Waals surface area contributed by atoms with E-state index in [0.29, 0.717) is 0 Å². The van der Waals surface area contributed by atoms with Crippen LogP contribution in [0.15, 0.2) is 24.5 Å². The van der Waals surface area contributed by atoms with Gasteiger partial charge in [0.05, 0.1) is 6.07 Å². The van der Waals surface area contributed by atoms with Crippen LogP contribution >= 0.6 is 0 Å². The SMILES string of the molecule is CN[C@H](C#N)c1cccnc1. The van der Waals surface area contributed by atoms with Crippen LogP contribution in [0.2, 0.25) is 0 Å². The van der Waals surface area contributed by atoms with Crippen molar-refractivity contribution in [1.82, 2.24) is 10.3 Å². The van der Waals surface area contributed by atoms with E-state index in [1.54, 1.807) is 19.4 Å². The summed E-state index contributed by atoms with van der Waals surface area (Å²) in [6.07, 6.45) is 3.37. The number of nitriles is 1. The maximum Gasteiger partial charge on any atom is 0.122 e. The molecule has 1 rings (SSSR count). The van der Waals surface area contributed by atoms with Crippen molar-refractivity contribution in [3.63, 3.8) is 0 Å². The maximum atomic E-state index is 8.64. The van der Waals surface area contributed by atoms with Gasteiger partial charge in [0, 0.05) is 18.0 Å². The predicted octanol–water partition coefficient (Wildman–Crippen LogP) is 0.866. The van der Waals surface area contributed by atoms with E-state index in [1.807, 2.05) is 12.1 Å². The lowest BCUT2D eigenvalue weighted by molar-refractivity contribution is 0.724. The molecule has 1 atom stereocenters. The fourth-order valence-electron chi connectivity index (χ4n) is 0.852. The zero-order chi connectivity index (χ0) is 8.10. The van der Waals surface area contributed by atoms with Crippen LogP contribution in [0.1, 0.15) is 11.6 Å². The third-order valence-corrected chi connectivity index (χ3v) is 1.44. The second kappa shape index (κ2) is 3.69. The highest BCUT2D eigenvalue weighted by molar-refractivity contribution is 5.19. The van der Waals surface area contributed by atoms with Gasteiger partial charge >= 0.3 is 0 Å². The van der Waals surface area contributed by atoms with E-state index in [4.69, 9.17) is 5.26 Å². The van der Waals surface area contributed by atoms with Crippen molar-refractivity contribution in [2.24, 2.45) is 0 Å². The monoisotopic (exact) mass is 147 g/mol. The molecule has 0 unspecified atom stereocenters. The van der Waals surface area contributed by atoms with E-state index >= 15 is 0 Å². The van der Waals surface area contributed by atoms with Gasteiger partial charge in [-0.25, -0.2) is 0 Å². The second-order valence-electron chi connectivity index (χ2n) is 2.14. The van der Waals surface area contributed by atoms with Gasteiger partial charge in [-0.2, -0.15) is 5.26 Å². The van der Waals surface area contributed by atoms with Crippen LogP contribution in [-0.4, -0.2) is 12.0 Å². The molecule has 3 nitrogen and oxygen atoms in total. The molecule has 0 spiro atoms. The average molecular weight is 147 g/mol. The van der Waals surface area contributed by atoms with Crippen molar-refractivity contribution >= 4 is 0 Å². The number of rotatable bonds is 2. The molecule has 0 radical (unpaired) electrons. The summed E-state index contributed by atoms with van der Waals surface area (Å²) < 4.78 is 0. The fourth-order valence-corrected chi connectivity index (χ4v) is 0.852. The summed E-state index contributed by atoms with van der Waals surface area (Å²) in [4.78, 5) is 3.91. The van der Waals surface area contributed by atoms with Gasteiger partial charge in [-0.05, 0) is 13.1 Å². The quantitative estimate of drug-likeness (QED) is 0.675. The normalized spacial score (nSPS) is 12.0. The summed E-state index contributed by atoms with van der Waals surface area (Å²) in [7, 11) is 1.75. The smallest absolute Gasteiger partial charge is 0.122 e. The Balaban J connectivity index is 2.85. The Bertz CT molecular complexity index is 250. The van der Waals surface area contributed by atoms with Gasteiger partial charge in [0.25, 0.3) is 0 Å². The molecule has 0 saturated heterocycles. The van der Waals surface area contributed by atoms with E-state index in [0.717, 1.165) is 5.56 Å². The summed E-state index contributed by atoms with van der Waals surface area (Å²) in [5.41, 5.74) is 0.900. The number of hydrogen-bond donors (Lipinski definition) is 1. The Kier molecular flexibility index (Phi) is 2.59. The van der Waals surface area contributed by atoms with Crippen LogP contribution in [-0.2, 0) is 0 Å². The zero-order valence-electron chi connectivity index (χ0n) is 6.28. The van der Waals surface area contributed by atoms with Crippen molar-refractivity contribution in [2.75, 3.05) is 7.05 Å². The molecule has 0 aromatic carbocycles. The molecule has 56 valence electrons. The van der Waals surface area contributed by atoms with Crippen molar-refractivity contribution < 1.29 is 0 Å². The van der Waals surface area contributed by atoms with Gasteiger partial charge in [-0.3, -0.25) is 4.98 Å². The van der Waals surface area contributed by atoms with E-state index < -0.39 is 0 Å². The first-order chi connectivity index (χ1) is 5.38. The van der Waals surface area contributed by atoms with Crippen molar-refractivity contribution in [3.05, 3.63) is 30.1 Å². The molecule has 0 aliphatic rings. The van der Waals surface area contributed by atoms with Gasteiger partial charge in [0.15, 0.2) is 0 Å². The zero-order valence-corrected chi connectivity index (χ0v) is 6.28. The Hall–Kier alpha value is -1.40. The number of nitrogens with one attached hydrogen (secondary N) is 1. The molecule has 11 heavy (non-hydrogen) atoms. The molecule has 0 aliphatic carbocycles. The van der Waals surface area contributed by atoms with Crippen molar-refractivity contribution in [1.29, 1.82) is 5.26 Å². The molecule has 1 aromatic rings. The number of hydrogen-bond acceptors (Lipinski definition) is 3. The molecule has 0 amide bonds. The van der Waals surface area contributed by atoms with E-state index in [-0.39, 0.29) is 6.04 Å². The van der Waals surface area contributed by atoms with Gasteiger partial charge in [-0.1, -0.05) is 6.07 Å². The Morgan fingerprint density at radius 1 is 1.73 bits per heavy atom. The highest BCUT2D eigenvalue weighted by Gasteiger charge is 2.05. The summed E-state index contributed by atoms with van der Waals surface area (Å²) in [6, 6.07) is 5.56. The van der Waals surface area contributed by atoms with E-state index in [1.165, 1.54) is 0 Å². The number of nitrogens with zero attached hydrogens (tertiary/aromatic N) is 2. The third kappa shape index (κ3) is 1.76. The summed E-state index contributed by atoms with van der Waals surface area (Å²) >= 11 is 0. The Labute approximate surface area is 65.7 Å². The lowest BCUT2D eigenvalue weighted by atomic mass is 10.1. The topological polar surface area (TPSA) is 48.7 Å². The standard InChI is InChI=1S/C8H9N3/c1-10-8(5-9)7-3-2-4-11-6-7/h2-4,6,8,10H,1H3/t8-/m1/s1. The van der Waals surface area contributed by atoms with Crippen LogP contribution in [0.3, 0.4) is 0 Å². The Morgan fingerprint density at radius 2 is 2.55 bits per heavy atom. The van der Waals surface area contributed by atoms with Crippen LogP contribution in [0.25, 0.3) is 0 Å². The third-order valence-electron chi connectivity index (χ3n) is 1.44. The van der Waals surface area contributed by atoms with E-state index in [9.17, 15) is 0 Å². The lowest BCUT2D eigenvalue weighted by Crippen LogP contribution is -2.13. The molecule has 0 fully saturated rings. The summed E-state index contributed by atoms with van der Waals surface area (Å²) in [6.45, 7) is 0.